The van der Waals surface area contributed by atoms with Gasteiger partial charge in [-0.05, 0) is 24.3 Å². The highest BCUT2D eigenvalue weighted by molar-refractivity contribution is 9.10. The van der Waals surface area contributed by atoms with E-state index in [9.17, 15) is 4.79 Å². The van der Waals surface area contributed by atoms with Gasteiger partial charge in [0.05, 0.1) is 5.75 Å². The van der Waals surface area contributed by atoms with Gasteiger partial charge in [0, 0.05) is 48.0 Å². The molecular formula is C22H21BrN4OS. The van der Waals surface area contributed by atoms with E-state index < -0.39 is 0 Å². The van der Waals surface area contributed by atoms with Crippen LogP contribution in [0.25, 0.3) is 0 Å². The highest BCUT2D eigenvalue weighted by Crippen LogP contribution is 2.23. The lowest BCUT2D eigenvalue weighted by molar-refractivity contribution is 0.102. The summed E-state index contributed by atoms with van der Waals surface area (Å²) in [5.74, 6) is 1.38. The number of hydrogen-bond donors (Lipinski definition) is 0. The molecule has 5 nitrogen and oxygen atoms in total. The summed E-state index contributed by atoms with van der Waals surface area (Å²) in [6.45, 7) is 3.73. The average molecular weight is 469 g/mol. The van der Waals surface area contributed by atoms with Crippen molar-refractivity contribution in [3.05, 3.63) is 77.0 Å². The summed E-state index contributed by atoms with van der Waals surface area (Å²) in [5.41, 5.74) is 1.98. The molecule has 1 saturated heterocycles. The van der Waals surface area contributed by atoms with Crippen LogP contribution in [0.2, 0.25) is 0 Å². The molecule has 4 rings (SSSR count). The van der Waals surface area contributed by atoms with Crippen LogP contribution in [0.4, 0.5) is 11.5 Å². The molecule has 0 radical (unpaired) electrons. The minimum atomic E-state index is 0.0964. The van der Waals surface area contributed by atoms with E-state index >= 15 is 0 Å². The minimum absolute atomic E-state index is 0.0964. The van der Waals surface area contributed by atoms with Gasteiger partial charge in [-0.3, -0.25) is 4.79 Å². The lowest BCUT2D eigenvalue weighted by atomic mass is 10.2. The summed E-state index contributed by atoms with van der Waals surface area (Å²) >= 11 is 4.85. The molecule has 7 heteroatoms. The van der Waals surface area contributed by atoms with E-state index in [0.29, 0.717) is 11.3 Å². The van der Waals surface area contributed by atoms with Crippen molar-refractivity contribution in [2.75, 3.05) is 41.7 Å². The quantitative estimate of drug-likeness (QED) is 0.300. The number of halogens is 1. The van der Waals surface area contributed by atoms with Crippen LogP contribution in [-0.4, -0.2) is 47.7 Å². The Kier molecular flexibility index (Phi) is 6.46. The number of thioether (sulfide) groups is 1. The van der Waals surface area contributed by atoms with Crippen LogP contribution < -0.4 is 9.80 Å². The summed E-state index contributed by atoms with van der Waals surface area (Å²) in [7, 11) is 0. The number of Topliss-reactive ketones (excluding diaryl/α,β-unsaturated/α-hetero) is 1. The standard InChI is InChI=1S/C22H21BrN4OS/c23-18-8-6-17(7-9-18)20(28)15-29-22-14-21(24-16-25-22)27-12-10-26(11-13-27)19-4-2-1-3-5-19/h1-9,14,16H,10-13,15H2. The third-order valence-corrected chi connectivity index (χ3v) is 6.32. The van der Waals surface area contributed by atoms with Gasteiger partial charge in [0.1, 0.15) is 17.2 Å². The number of para-hydroxylation sites is 1. The van der Waals surface area contributed by atoms with Gasteiger partial charge in [-0.1, -0.05) is 58.0 Å². The number of aromatic nitrogens is 2. The minimum Gasteiger partial charge on any atom is -0.368 e. The zero-order chi connectivity index (χ0) is 20.1. The largest absolute Gasteiger partial charge is 0.368 e. The molecule has 0 bridgehead atoms. The maximum Gasteiger partial charge on any atom is 0.173 e. The van der Waals surface area contributed by atoms with Crippen LogP contribution >= 0.6 is 27.7 Å². The van der Waals surface area contributed by atoms with Crippen LogP contribution in [0.5, 0.6) is 0 Å². The molecule has 2 aromatic carbocycles. The third-order valence-electron chi connectivity index (χ3n) is 4.87. The zero-order valence-corrected chi connectivity index (χ0v) is 18.3. The molecule has 0 N–H and O–H groups in total. The van der Waals surface area contributed by atoms with Gasteiger partial charge in [0.25, 0.3) is 0 Å². The second-order valence-electron chi connectivity index (χ2n) is 6.74. The monoisotopic (exact) mass is 468 g/mol. The van der Waals surface area contributed by atoms with Gasteiger partial charge < -0.3 is 9.80 Å². The van der Waals surface area contributed by atoms with Gasteiger partial charge in [-0.2, -0.15) is 0 Å². The van der Waals surface area contributed by atoms with Gasteiger partial charge in [-0.25, -0.2) is 9.97 Å². The van der Waals surface area contributed by atoms with E-state index in [-0.39, 0.29) is 5.78 Å². The Hall–Kier alpha value is -2.38. The van der Waals surface area contributed by atoms with Crippen LogP contribution in [0, 0.1) is 0 Å². The van der Waals surface area contributed by atoms with E-state index in [1.54, 1.807) is 6.33 Å². The summed E-state index contributed by atoms with van der Waals surface area (Å²) in [6, 6.07) is 19.9. The van der Waals surface area contributed by atoms with Gasteiger partial charge in [0.15, 0.2) is 5.78 Å². The summed E-state index contributed by atoms with van der Waals surface area (Å²) in [4.78, 5) is 25.8. The lowest BCUT2D eigenvalue weighted by Crippen LogP contribution is -2.46. The highest BCUT2D eigenvalue weighted by Gasteiger charge is 2.19. The third kappa shape index (κ3) is 5.16. The van der Waals surface area contributed by atoms with E-state index in [4.69, 9.17) is 0 Å². The number of benzene rings is 2. The molecule has 0 aliphatic carbocycles. The zero-order valence-electron chi connectivity index (χ0n) is 15.9. The van der Waals surface area contributed by atoms with E-state index in [2.05, 4.69) is 60.0 Å². The molecule has 0 amide bonds. The molecule has 0 unspecified atom stereocenters. The first-order chi connectivity index (χ1) is 14.2. The Morgan fingerprint density at radius 3 is 2.34 bits per heavy atom. The molecular weight excluding hydrogens is 448 g/mol. The van der Waals surface area contributed by atoms with Crippen molar-refractivity contribution in [2.24, 2.45) is 0 Å². The molecule has 1 aromatic heterocycles. The van der Waals surface area contributed by atoms with Crippen molar-refractivity contribution in [1.29, 1.82) is 0 Å². The number of nitrogens with zero attached hydrogens (tertiary/aromatic N) is 4. The molecule has 2 heterocycles. The van der Waals surface area contributed by atoms with E-state index in [1.165, 1.54) is 17.4 Å². The molecule has 0 atom stereocenters. The predicted octanol–water partition coefficient (Wildman–Crippen LogP) is 4.54. The Labute approximate surface area is 183 Å². The first-order valence-corrected chi connectivity index (χ1v) is 11.3. The smallest absolute Gasteiger partial charge is 0.173 e. The van der Waals surface area contributed by atoms with Crippen molar-refractivity contribution >= 4 is 45.0 Å². The summed E-state index contributed by atoms with van der Waals surface area (Å²) in [5, 5.41) is 0.825. The SMILES string of the molecule is O=C(CSc1cc(N2CCN(c3ccccc3)CC2)ncn1)c1ccc(Br)cc1. The maximum atomic E-state index is 12.4. The molecule has 148 valence electrons. The lowest BCUT2D eigenvalue weighted by Gasteiger charge is -2.36. The second-order valence-corrected chi connectivity index (χ2v) is 8.65. The Morgan fingerprint density at radius 1 is 0.931 bits per heavy atom. The fourth-order valence-electron chi connectivity index (χ4n) is 3.27. The second kappa shape index (κ2) is 9.41. The number of carbonyl (C=O) groups excluding carboxylic acids is 1. The van der Waals surface area contributed by atoms with Crippen LogP contribution in [0.1, 0.15) is 10.4 Å². The highest BCUT2D eigenvalue weighted by atomic mass is 79.9. The molecule has 29 heavy (non-hydrogen) atoms. The molecule has 3 aromatic rings. The fourth-order valence-corrected chi connectivity index (χ4v) is 4.29. The predicted molar refractivity (Wildman–Crippen MR) is 122 cm³/mol. The fraction of sp³-hybridized carbons (Fsp3) is 0.227. The van der Waals surface area contributed by atoms with E-state index in [1.807, 2.05) is 36.4 Å². The molecule has 1 aliphatic rings. The number of piperazine rings is 1. The summed E-state index contributed by atoms with van der Waals surface area (Å²) in [6.07, 6.45) is 1.59. The number of carbonyl (C=O) groups is 1. The summed E-state index contributed by atoms with van der Waals surface area (Å²) < 4.78 is 0.967. The van der Waals surface area contributed by atoms with Crippen molar-refractivity contribution in [2.45, 2.75) is 5.03 Å². The molecule has 0 saturated carbocycles. The van der Waals surface area contributed by atoms with Crippen molar-refractivity contribution < 1.29 is 4.79 Å². The van der Waals surface area contributed by atoms with Gasteiger partial charge in [-0.15, -0.1) is 0 Å². The topological polar surface area (TPSA) is 49.3 Å². The van der Waals surface area contributed by atoms with E-state index in [0.717, 1.165) is 41.5 Å². The average Bonchev–Trinajstić information content (AvgIpc) is 2.79. The number of rotatable bonds is 6. The Morgan fingerprint density at radius 2 is 1.62 bits per heavy atom. The first-order valence-electron chi connectivity index (χ1n) is 9.47. The van der Waals surface area contributed by atoms with Gasteiger partial charge >= 0.3 is 0 Å². The maximum absolute atomic E-state index is 12.4. The van der Waals surface area contributed by atoms with Crippen molar-refractivity contribution in [3.63, 3.8) is 0 Å². The molecule has 1 aliphatic heterocycles. The number of hydrogen-bond acceptors (Lipinski definition) is 6. The van der Waals surface area contributed by atoms with Crippen LogP contribution in [-0.2, 0) is 0 Å². The normalized spacial score (nSPS) is 14.1. The van der Waals surface area contributed by atoms with Crippen LogP contribution in [0.3, 0.4) is 0 Å². The number of anilines is 2. The first kappa shape index (κ1) is 19.9. The number of ketones is 1. The molecule has 1 fully saturated rings. The molecule has 0 spiro atoms. The van der Waals surface area contributed by atoms with Gasteiger partial charge in [0.2, 0.25) is 0 Å². The Balaban J connectivity index is 1.34. The van der Waals surface area contributed by atoms with Crippen LogP contribution in [0.15, 0.2) is 76.5 Å². The Bertz CT molecular complexity index is 960. The van der Waals surface area contributed by atoms with Crippen molar-refractivity contribution in [3.8, 4) is 0 Å². The van der Waals surface area contributed by atoms with Crippen molar-refractivity contribution in [1.82, 2.24) is 9.97 Å².